The predicted octanol–water partition coefficient (Wildman–Crippen LogP) is 2.31. The van der Waals surface area contributed by atoms with Crippen molar-refractivity contribution in [3.63, 3.8) is 0 Å². The van der Waals surface area contributed by atoms with Gasteiger partial charge in [0.05, 0.1) is 11.7 Å². The van der Waals surface area contributed by atoms with Gasteiger partial charge >= 0.3 is 0 Å². The van der Waals surface area contributed by atoms with Gasteiger partial charge in [0.15, 0.2) is 5.82 Å². The first-order chi connectivity index (χ1) is 8.13. The Bertz CT molecular complexity index is 527. The van der Waals surface area contributed by atoms with E-state index in [1.54, 1.807) is 4.68 Å². The number of hydrogen-bond acceptors (Lipinski definition) is 4. The molecule has 1 aromatic carbocycles. The van der Waals surface area contributed by atoms with Gasteiger partial charge in [-0.05, 0) is 81.1 Å². The summed E-state index contributed by atoms with van der Waals surface area (Å²) >= 11 is 5.74. The topological polar surface area (TPSA) is 55.6 Å². The van der Waals surface area contributed by atoms with Crippen molar-refractivity contribution >= 4 is 38.5 Å². The molecule has 7 heteroatoms. The maximum absolute atomic E-state index is 4.04. The van der Waals surface area contributed by atoms with Crippen LogP contribution in [0.1, 0.15) is 18.8 Å². The van der Waals surface area contributed by atoms with Crippen LogP contribution in [0.5, 0.6) is 0 Å². The Balaban J connectivity index is 2.46. The molecule has 0 aliphatic rings. The highest BCUT2D eigenvalue weighted by molar-refractivity contribution is 14.1. The summed E-state index contributed by atoms with van der Waals surface area (Å²) in [7, 11) is 1.88. The van der Waals surface area contributed by atoms with Crippen LogP contribution in [-0.4, -0.2) is 27.3 Å². The lowest BCUT2D eigenvalue weighted by molar-refractivity contribution is 0.588. The molecule has 2 rings (SSSR count). The maximum Gasteiger partial charge on any atom is 0.173 e. The van der Waals surface area contributed by atoms with E-state index in [2.05, 4.69) is 59.4 Å². The van der Waals surface area contributed by atoms with E-state index in [1.807, 2.05) is 32.2 Å². The van der Waals surface area contributed by atoms with Crippen LogP contribution in [0.4, 0.5) is 0 Å². The molecule has 1 atom stereocenters. The molecule has 90 valence electrons. The molecular weight excluding hydrogens is 397 g/mol. The third-order valence-corrected chi connectivity index (χ3v) is 4.79. The molecule has 2 aromatic rings. The average Bonchev–Trinajstić information content (AvgIpc) is 2.80. The average molecular weight is 408 g/mol. The molecule has 0 aliphatic carbocycles. The minimum absolute atomic E-state index is 0.103. The zero-order chi connectivity index (χ0) is 12.4. The third kappa shape index (κ3) is 2.66. The van der Waals surface area contributed by atoms with E-state index < -0.39 is 0 Å². The smallest absolute Gasteiger partial charge is 0.173 e. The molecule has 0 bridgehead atoms. The van der Waals surface area contributed by atoms with Gasteiger partial charge in [0.1, 0.15) is 0 Å². The largest absolute Gasteiger partial charge is 0.311 e. The highest BCUT2D eigenvalue weighted by Gasteiger charge is 2.14. The Hall–Kier alpha value is -0.540. The van der Waals surface area contributed by atoms with Crippen molar-refractivity contribution in [2.45, 2.75) is 13.0 Å². The Morgan fingerprint density at radius 1 is 1.47 bits per heavy atom. The molecule has 1 aromatic heterocycles. The molecule has 0 saturated heterocycles. The standard InChI is InChI=1S/C10H11BrIN5/c1-6(13-2)10-14-15-16-17(10)7-3-4-8(11)9(12)5-7/h3-6,13H,1-2H3. The van der Waals surface area contributed by atoms with Crippen molar-refractivity contribution in [1.82, 2.24) is 25.5 Å². The number of nitrogens with one attached hydrogen (secondary N) is 1. The molecule has 0 fully saturated rings. The summed E-state index contributed by atoms with van der Waals surface area (Å²) < 4.78 is 3.94. The fraction of sp³-hybridized carbons (Fsp3) is 0.300. The first-order valence-electron chi connectivity index (χ1n) is 5.04. The van der Waals surface area contributed by atoms with E-state index in [4.69, 9.17) is 0 Å². The van der Waals surface area contributed by atoms with Gasteiger partial charge in [-0.15, -0.1) is 5.10 Å². The van der Waals surface area contributed by atoms with Crippen LogP contribution < -0.4 is 5.32 Å². The summed E-state index contributed by atoms with van der Waals surface area (Å²) in [5.74, 6) is 0.797. The SMILES string of the molecule is CNC(C)c1nnnn1-c1ccc(Br)c(I)c1. The van der Waals surface area contributed by atoms with Crippen LogP contribution in [0.3, 0.4) is 0 Å². The van der Waals surface area contributed by atoms with Crippen LogP contribution in [0, 0.1) is 3.57 Å². The maximum atomic E-state index is 4.04. The zero-order valence-electron chi connectivity index (χ0n) is 9.35. The van der Waals surface area contributed by atoms with Crippen LogP contribution in [-0.2, 0) is 0 Å². The lowest BCUT2D eigenvalue weighted by Gasteiger charge is -2.10. The van der Waals surface area contributed by atoms with Crippen molar-refractivity contribution in [3.8, 4) is 5.69 Å². The van der Waals surface area contributed by atoms with Gasteiger partial charge in [0.25, 0.3) is 0 Å². The van der Waals surface area contributed by atoms with Gasteiger partial charge in [-0.1, -0.05) is 0 Å². The summed E-state index contributed by atoms with van der Waals surface area (Å²) in [5.41, 5.74) is 0.958. The van der Waals surface area contributed by atoms with Crippen LogP contribution in [0.25, 0.3) is 5.69 Å². The van der Waals surface area contributed by atoms with E-state index in [9.17, 15) is 0 Å². The fourth-order valence-electron chi connectivity index (χ4n) is 1.39. The van der Waals surface area contributed by atoms with E-state index in [-0.39, 0.29) is 6.04 Å². The number of aromatic nitrogens is 4. The minimum Gasteiger partial charge on any atom is -0.311 e. The van der Waals surface area contributed by atoms with Crippen LogP contribution >= 0.6 is 38.5 Å². The highest BCUT2D eigenvalue weighted by Crippen LogP contribution is 2.22. The van der Waals surface area contributed by atoms with Crippen LogP contribution in [0.15, 0.2) is 22.7 Å². The van der Waals surface area contributed by atoms with E-state index in [1.165, 1.54) is 0 Å². The monoisotopic (exact) mass is 407 g/mol. The first-order valence-corrected chi connectivity index (χ1v) is 6.91. The van der Waals surface area contributed by atoms with E-state index in [0.717, 1.165) is 19.6 Å². The van der Waals surface area contributed by atoms with Crippen molar-refractivity contribution < 1.29 is 0 Å². The zero-order valence-corrected chi connectivity index (χ0v) is 13.1. The number of nitrogens with zero attached hydrogens (tertiary/aromatic N) is 4. The molecule has 1 heterocycles. The van der Waals surface area contributed by atoms with Crippen molar-refractivity contribution in [2.75, 3.05) is 7.05 Å². The molecule has 0 aliphatic heterocycles. The number of benzene rings is 1. The van der Waals surface area contributed by atoms with Crippen molar-refractivity contribution in [3.05, 3.63) is 32.1 Å². The Morgan fingerprint density at radius 3 is 2.88 bits per heavy atom. The second-order valence-corrected chi connectivity index (χ2v) is 5.57. The normalized spacial score (nSPS) is 12.7. The summed E-state index contributed by atoms with van der Waals surface area (Å²) in [6.07, 6.45) is 0. The van der Waals surface area contributed by atoms with E-state index in [0.29, 0.717) is 0 Å². The minimum atomic E-state index is 0.103. The first kappa shape index (κ1) is 12.9. The second-order valence-electron chi connectivity index (χ2n) is 3.56. The highest BCUT2D eigenvalue weighted by atomic mass is 127. The Labute approximate surface area is 121 Å². The molecule has 1 unspecified atom stereocenters. The summed E-state index contributed by atoms with van der Waals surface area (Å²) in [4.78, 5) is 0. The van der Waals surface area contributed by atoms with Gasteiger partial charge in [-0.2, -0.15) is 4.68 Å². The number of hydrogen-bond donors (Lipinski definition) is 1. The Kier molecular flexibility index (Phi) is 4.10. The van der Waals surface area contributed by atoms with Crippen LogP contribution in [0.2, 0.25) is 0 Å². The summed E-state index contributed by atoms with van der Waals surface area (Å²) in [5, 5.41) is 14.9. The molecule has 0 saturated carbocycles. The molecule has 0 amide bonds. The van der Waals surface area contributed by atoms with Gasteiger partial charge in [0.2, 0.25) is 0 Å². The van der Waals surface area contributed by atoms with Gasteiger partial charge < -0.3 is 5.32 Å². The molecule has 0 radical (unpaired) electrons. The van der Waals surface area contributed by atoms with Gasteiger partial charge in [-0.3, -0.25) is 0 Å². The van der Waals surface area contributed by atoms with Gasteiger partial charge in [-0.25, -0.2) is 0 Å². The lowest BCUT2D eigenvalue weighted by atomic mass is 10.3. The fourth-order valence-corrected chi connectivity index (χ4v) is 2.14. The summed E-state index contributed by atoms with van der Waals surface area (Å²) in [6.45, 7) is 2.02. The quantitative estimate of drug-likeness (QED) is 0.793. The molecule has 17 heavy (non-hydrogen) atoms. The predicted molar refractivity (Wildman–Crippen MR) is 77.0 cm³/mol. The molecule has 5 nitrogen and oxygen atoms in total. The molecule has 0 spiro atoms. The van der Waals surface area contributed by atoms with Crippen molar-refractivity contribution in [2.24, 2.45) is 0 Å². The third-order valence-electron chi connectivity index (χ3n) is 2.46. The van der Waals surface area contributed by atoms with Crippen molar-refractivity contribution in [1.29, 1.82) is 0 Å². The second kappa shape index (κ2) is 5.40. The molecule has 1 N–H and O–H groups in total. The number of tetrazole rings is 1. The number of halogens is 2. The van der Waals surface area contributed by atoms with Gasteiger partial charge in [0, 0.05) is 8.04 Å². The number of rotatable bonds is 3. The lowest BCUT2D eigenvalue weighted by Crippen LogP contribution is -2.17. The molecular formula is C10H11BrIN5. The van der Waals surface area contributed by atoms with E-state index >= 15 is 0 Å². The Morgan fingerprint density at radius 2 is 2.24 bits per heavy atom. The summed E-state index contributed by atoms with van der Waals surface area (Å²) in [6, 6.07) is 6.11.